The second-order valence-corrected chi connectivity index (χ2v) is 13.4. The summed E-state index contributed by atoms with van der Waals surface area (Å²) in [5.74, 6) is 2.21. The molecule has 13 nitrogen and oxygen atoms in total. The zero-order valence-electron chi connectivity index (χ0n) is 31.1. The Bertz CT molecular complexity index is 2410. The number of ether oxygens (including phenoxy) is 3. The molecular weight excluding hydrogens is 758 g/mol. The molecule has 0 saturated carbocycles. The zero-order valence-corrected chi connectivity index (χ0v) is 32.0. The Kier molecular flexibility index (Phi) is 11.2. The van der Waals surface area contributed by atoms with Gasteiger partial charge in [-0.05, 0) is 42.3 Å². The topological polar surface area (TPSA) is 162 Å². The number of methoxy groups -OCH3 is 1. The number of amides is 1. The summed E-state index contributed by atoms with van der Waals surface area (Å²) in [6.45, 7) is 7.39. The van der Waals surface area contributed by atoms with Crippen molar-refractivity contribution >= 4 is 50.2 Å². The molecule has 285 valence electrons. The van der Waals surface area contributed by atoms with E-state index in [4.69, 9.17) is 54.1 Å². The Morgan fingerprint density at radius 1 is 0.589 bits per heavy atom. The van der Waals surface area contributed by atoms with Crippen molar-refractivity contribution < 1.29 is 36.1 Å². The van der Waals surface area contributed by atoms with Crippen LogP contribution in [0, 0.1) is 0 Å². The summed E-state index contributed by atoms with van der Waals surface area (Å²) in [6, 6.07) is 31.8. The minimum absolute atomic E-state index is 0. The number of benzene rings is 4. The third-order valence-electron chi connectivity index (χ3n) is 8.90. The second-order valence-electron chi connectivity index (χ2n) is 13.4. The predicted molar refractivity (Wildman–Crippen MR) is 211 cm³/mol. The fourth-order valence-corrected chi connectivity index (χ4v) is 6.38. The Hall–Kier alpha value is -6.05. The van der Waals surface area contributed by atoms with Crippen LogP contribution in [0.1, 0.15) is 20.8 Å². The monoisotopic (exact) mass is 794 g/mol. The van der Waals surface area contributed by atoms with E-state index in [-0.39, 0.29) is 17.1 Å². The van der Waals surface area contributed by atoms with E-state index in [1.54, 1.807) is 21.0 Å². The number of hydrogen-bond acceptors (Lipinski definition) is 10. The molecule has 0 saturated heterocycles. The number of aromatic nitrogens is 8. The van der Waals surface area contributed by atoms with Gasteiger partial charge in [-0.25, -0.2) is 14.8 Å². The van der Waals surface area contributed by atoms with Crippen molar-refractivity contribution in [3.8, 4) is 45.6 Å². The fourth-order valence-electron chi connectivity index (χ4n) is 6.38. The predicted octanol–water partition coefficient (Wildman–Crippen LogP) is 7.30. The van der Waals surface area contributed by atoms with Crippen LogP contribution >= 0.6 is 0 Å². The van der Waals surface area contributed by atoms with E-state index >= 15 is 0 Å². The Morgan fingerprint density at radius 3 is 1.29 bits per heavy atom. The third-order valence-corrected chi connectivity index (χ3v) is 8.90. The van der Waals surface area contributed by atoms with Crippen molar-refractivity contribution in [1.82, 2.24) is 45.2 Å². The van der Waals surface area contributed by atoms with Crippen molar-refractivity contribution in [3.63, 3.8) is 0 Å². The van der Waals surface area contributed by atoms with E-state index in [1.807, 2.05) is 104 Å². The molecule has 5 heterocycles. The molecule has 8 bridgehead atoms. The van der Waals surface area contributed by atoms with Crippen molar-refractivity contribution in [2.45, 2.75) is 26.4 Å². The van der Waals surface area contributed by atoms with Crippen molar-refractivity contribution in [1.29, 1.82) is 0 Å². The van der Waals surface area contributed by atoms with E-state index in [0.29, 0.717) is 72.3 Å². The third kappa shape index (κ3) is 7.73. The minimum Gasteiger partial charge on any atom is -0.441 e. The molecule has 2 aliphatic rings. The Labute approximate surface area is 332 Å². The summed E-state index contributed by atoms with van der Waals surface area (Å²) in [4.78, 5) is 50.4. The summed E-state index contributed by atoms with van der Waals surface area (Å²) < 4.78 is 15.3. The smallest absolute Gasteiger partial charge is 0.441 e. The van der Waals surface area contributed by atoms with Gasteiger partial charge in [0.05, 0.1) is 43.1 Å². The van der Waals surface area contributed by atoms with E-state index in [2.05, 4.69) is 5.32 Å². The van der Waals surface area contributed by atoms with Gasteiger partial charge in [0.15, 0.2) is 0 Å². The van der Waals surface area contributed by atoms with Gasteiger partial charge in [-0.3, -0.25) is 0 Å². The maximum Gasteiger partial charge on any atom is 2.00 e. The number of carbonyl (C=O) groups is 1. The molecule has 1 amide bonds. The Balaban J connectivity index is 0.000000259. The van der Waals surface area contributed by atoms with Gasteiger partial charge in [0, 0.05) is 58.5 Å². The van der Waals surface area contributed by atoms with Gasteiger partial charge in [-0.15, -0.1) is 0 Å². The minimum atomic E-state index is -0.618. The molecular formula is C42H37CuN9O4. The molecule has 0 spiro atoms. The van der Waals surface area contributed by atoms with Crippen LogP contribution in [-0.4, -0.2) is 75.1 Å². The summed E-state index contributed by atoms with van der Waals surface area (Å²) in [7, 11) is 1.61. The van der Waals surface area contributed by atoms with Gasteiger partial charge in [0.1, 0.15) is 5.60 Å². The van der Waals surface area contributed by atoms with Crippen molar-refractivity contribution in [2.24, 2.45) is 0 Å². The van der Waals surface area contributed by atoms with Crippen LogP contribution in [0.3, 0.4) is 0 Å². The average Bonchev–Trinajstić information content (AvgIpc) is 3.93. The Morgan fingerprint density at radius 2 is 0.946 bits per heavy atom. The van der Waals surface area contributed by atoms with E-state index in [0.717, 1.165) is 43.8 Å². The number of nitrogens with one attached hydrogen (secondary N) is 1. The molecule has 0 fully saturated rings. The number of nitrogens with zero attached hydrogens (tertiary/aromatic N) is 8. The van der Waals surface area contributed by atoms with E-state index in [9.17, 15) is 4.79 Å². The van der Waals surface area contributed by atoms with Crippen LogP contribution < -0.4 is 15.3 Å². The maximum atomic E-state index is 11.1. The molecule has 4 aromatic carbocycles. The molecule has 9 rings (SSSR count). The first-order chi connectivity index (χ1) is 26.8. The quantitative estimate of drug-likeness (QED) is 0.127. The maximum absolute atomic E-state index is 11.1. The largest absolute Gasteiger partial charge is 2.00 e. The van der Waals surface area contributed by atoms with E-state index in [1.165, 1.54) is 0 Å². The summed E-state index contributed by atoms with van der Waals surface area (Å²) in [5.41, 5.74) is 5.16. The number of alkyl carbamates (subject to hydrolysis) is 1. The van der Waals surface area contributed by atoms with Crippen LogP contribution in [0.5, 0.6) is 0 Å². The van der Waals surface area contributed by atoms with Gasteiger partial charge in [-0.1, -0.05) is 97.1 Å². The van der Waals surface area contributed by atoms with E-state index < -0.39 is 11.7 Å². The number of carbonyl (C=O) groups excluding carboxylic acids is 1. The number of fused-ring (bicyclic) bond motifs is 20. The number of hydrogen-bond donors (Lipinski definition) is 1. The standard InChI is InChI=1S/C32H16N8.C10H21NO4.Cu/c1-2-10-18-17(9-1)25-33-26(18)38-28-21-13-5-6-14-22(21)30(35-28)40-32-24-16-8-7-15-23(24)31(36-32)39-29-20-12-4-3-11-19(20)27(34-29)37-25;1-5-11-9(12)15-10(2,3)8-14-7-6-13-4;/h1-16H;5-8H2,1-4H3,(H,11,12);/q-2;;+2. The number of rotatable bonds is 7. The fraction of sp³-hybridized carbons (Fsp3) is 0.214. The zero-order chi connectivity index (χ0) is 37.9. The molecule has 7 aromatic rings. The van der Waals surface area contributed by atoms with Gasteiger partial charge in [0.25, 0.3) is 0 Å². The molecule has 3 aromatic heterocycles. The van der Waals surface area contributed by atoms with Crippen LogP contribution in [0.25, 0.3) is 89.7 Å². The van der Waals surface area contributed by atoms with Crippen LogP contribution in [0.4, 0.5) is 4.79 Å². The second kappa shape index (κ2) is 16.4. The molecule has 1 N–H and O–H groups in total. The molecule has 1 radical (unpaired) electrons. The molecule has 14 heteroatoms. The van der Waals surface area contributed by atoms with Crippen LogP contribution in [-0.2, 0) is 31.3 Å². The molecule has 2 aliphatic heterocycles. The first-order valence-corrected chi connectivity index (χ1v) is 17.9. The first kappa shape index (κ1) is 38.2. The van der Waals surface area contributed by atoms with Gasteiger partial charge in [0.2, 0.25) is 0 Å². The van der Waals surface area contributed by atoms with Gasteiger partial charge < -0.3 is 49.4 Å². The SMILES string of the molecule is CCNC(=O)OC(C)(C)COCCOC.[Cu+2].c1ccc2c(c1)-c1nc-2nc2[n-]c(nc3nc(nc4[n-]c(n1)c1ccccc41)-c1ccccc1-3)c1ccccc21. The molecule has 0 unspecified atom stereocenters. The summed E-state index contributed by atoms with van der Waals surface area (Å²) in [6.07, 6.45) is -0.419. The first-order valence-electron chi connectivity index (χ1n) is 17.9. The van der Waals surface area contributed by atoms with Gasteiger partial charge in [-0.2, -0.15) is 0 Å². The van der Waals surface area contributed by atoms with Crippen LogP contribution in [0.15, 0.2) is 97.1 Å². The van der Waals surface area contributed by atoms with Crippen molar-refractivity contribution in [2.75, 3.05) is 33.5 Å². The summed E-state index contributed by atoms with van der Waals surface area (Å²) in [5, 5.41) is 6.14. The average molecular weight is 795 g/mol. The summed E-state index contributed by atoms with van der Waals surface area (Å²) >= 11 is 0. The normalized spacial score (nSPS) is 11.6. The molecule has 56 heavy (non-hydrogen) atoms. The van der Waals surface area contributed by atoms with Crippen LogP contribution in [0.2, 0.25) is 0 Å². The van der Waals surface area contributed by atoms with Crippen molar-refractivity contribution in [3.05, 3.63) is 97.1 Å². The molecule has 0 aliphatic carbocycles. The van der Waals surface area contributed by atoms with Gasteiger partial charge >= 0.3 is 23.2 Å². The molecule has 0 atom stereocenters.